The van der Waals surface area contributed by atoms with Crippen molar-refractivity contribution in [1.29, 1.82) is 0 Å². The van der Waals surface area contributed by atoms with E-state index in [0.29, 0.717) is 13.1 Å². The molecule has 0 atom stereocenters. The third kappa shape index (κ3) is 9.49. The van der Waals surface area contributed by atoms with E-state index in [9.17, 15) is 0 Å². The molecule has 0 radical (unpaired) electrons. The molecule has 0 aliphatic rings. The van der Waals surface area contributed by atoms with Gasteiger partial charge in [0.05, 0.1) is 6.54 Å². The van der Waals surface area contributed by atoms with Crippen LogP contribution in [0.1, 0.15) is 0 Å². The van der Waals surface area contributed by atoms with Crippen molar-refractivity contribution in [3.05, 3.63) is 0 Å². The Morgan fingerprint density at radius 3 is 2.29 bits per heavy atom. The molecule has 0 fully saturated rings. The van der Waals surface area contributed by atoms with Crippen LogP contribution in [0.25, 0.3) is 0 Å². The molecule has 0 rings (SSSR count). The van der Waals surface area contributed by atoms with Crippen LogP contribution in [-0.2, 0) is 0 Å². The zero-order chi connectivity index (χ0) is 10.8. The molecule has 0 aromatic heterocycles. The summed E-state index contributed by atoms with van der Waals surface area (Å²) < 4.78 is 0. The van der Waals surface area contributed by atoms with E-state index in [0.717, 1.165) is 11.5 Å². The van der Waals surface area contributed by atoms with E-state index in [4.69, 9.17) is 22.9 Å². The topological polar surface area (TPSA) is 129 Å². The van der Waals surface area contributed by atoms with Crippen LogP contribution in [0.15, 0.2) is 9.98 Å². The molecule has 0 heterocycles. The minimum absolute atomic E-state index is 0.0728. The lowest BCUT2D eigenvalue weighted by molar-refractivity contribution is 1.13. The van der Waals surface area contributed by atoms with Gasteiger partial charge in [-0.15, -0.1) is 0 Å². The molecule has 6 nitrogen and oxygen atoms in total. The third-order valence-electron chi connectivity index (χ3n) is 0.977. The van der Waals surface area contributed by atoms with Gasteiger partial charge >= 0.3 is 0 Å². The Kier molecular flexibility index (Phi) is 8.59. The highest BCUT2D eigenvalue weighted by atomic mass is 33.1. The fraction of sp³-hybridized carbons (Fsp3) is 0.667. The lowest BCUT2D eigenvalue weighted by atomic mass is 10.8. The highest BCUT2D eigenvalue weighted by molar-refractivity contribution is 8.76. The number of nitrogens with zero attached hydrogens (tertiary/aromatic N) is 2. The summed E-state index contributed by atoms with van der Waals surface area (Å²) >= 11 is 0. The number of nitrogens with two attached hydrogens (primary N) is 4. The molecule has 0 aliphatic heterocycles. The minimum atomic E-state index is -0.0728. The molecule has 0 aromatic carbocycles. The van der Waals surface area contributed by atoms with Crippen molar-refractivity contribution in [3.63, 3.8) is 0 Å². The second kappa shape index (κ2) is 8.97. The monoisotopic (exact) mass is 236 g/mol. The Labute approximate surface area is 91.4 Å². The van der Waals surface area contributed by atoms with Crippen LogP contribution >= 0.6 is 21.6 Å². The van der Waals surface area contributed by atoms with Crippen molar-refractivity contribution >= 4 is 33.5 Å². The van der Waals surface area contributed by atoms with Gasteiger partial charge in [-0.1, -0.05) is 21.6 Å². The zero-order valence-corrected chi connectivity index (χ0v) is 9.48. The van der Waals surface area contributed by atoms with E-state index in [1.807, 2.05) is 0 Å². The van der Waals surface area contributed by atoms with Crippen LogP contribution in [0.4, 0.5) is 0 Å². The second-order valence-electron chi connectivity index (χ2n) is 2.21. The summed E-state index contributed by atoms with van der Waals surface area (Å²) in [4.78, 5) is 7.52. The molecule has 0 aromatic rings. The number of guanidine groups is 2. The Balaban J connectivity index is 3.47. The van der Waals surface area contributed by atoms with Gasteiger partial charge in [0.25, 0.3) is 0 Å². The predicted molar refractivity (Wildman–Crippen MR) is 66.3 cm³/mol. The van der Waals surface area contributed by atoms with E-state index in [2.05, 4.69) is 9.98 Å². The van der Waals surface area contributed by atoms with Gasteiger partial charge < -0.3 is 22.9 Å². The maximum Gasteiger partial charge on any atom is 0.218 e. The Bertz CT molecular complexity index is 200. The fourth-order valence-electron chi connectivity index (χ4n) is 0.531. The van der Waals surface area contributed by atoms with Gasteiger partial charge in [-0.25, -0.2) is 0 Å². The minimum Gasteiger partial charge on any atom is -0.370 e. The number of hydrogen-bond acceptors (Lipinski definition) is 4. The highest BCUT2D eigenvalue weighted by Crippen LogP contribution is 2.19. The van der Waals surface area contributed by atoms with Crippen molar-refractivity contribution in [1.82, 2.24) is 0 Å². The van der Waals surface area contributed by atoms with E-state index < -0.39 is 0 Å². The molecule has 0 spiro atoms. The maximum atomic E-state index is 5.38. The zero-order valence-electron chi connectivity index (χ0n) is 7.85. The predicted octanol–water partition coefficient (Wildman–Crippen LogP) is -1.09. The molecule has 0 amide bonds. The largest absolute Gasteiger partial charge is 0.370 e. The van der Waals surface area contributed by atoms with Crippen LogP contribution in [0.5, 0.6) is 0 Å². The molecule has 82 valence electrons. The molecule has 0 saturated carbocycles. The van der Waals surface area contributed by atoms with Gasteiger partial charge in [-0.05, 0) is 0 Å². The molecular formula is C6H16N6S2. The molecule has 0 unspecified atom stereocenters. The first-order valence-electron chi connectivity index (χ1n) is 4.01. The average Bonchev–Trinajstić information content (AvgIpc) is 2.10. The molecule has 8 heteroatoms. The van der Waals surface area contributed by atoms with Crippen molar-refractivity contribution in [2.45, 2.75) is 0 Å². The summed E-state index contributed by atoms with van der Waals surface area (Å²) in [7, 11) is 3.42. The maximum absolute atomic E-state index is 5.38. The van der Waals surface area contributed by atoms with Crippen molar-refractivity contribution in [2.75, 3.05) is 24.6 Å². The molecule has 0 saturated heterocycles. The van der Waals surface area contributed by atoms with Crippen molar-refractivity contribution in [2.24, 2.45) is 32.9 Å². The van der Waals surface area contributed by atoms with E-state index in [1.54, 1.807) is 21.6 Å². The summed E-state index contributed by atoms with van der Waals surface area (Å²) in [5.41, 5.74) is 20.9. The molecule has 14 heavy (non-hydrogen) atoms. The summed E-state index contributed by atoms with van der Waals surface area (Å²) in [6, 6.07) is 0. The number of aliphatic imine (C=N–C) groups is 2. The molecule has 0 aliphatic carbocycles. The first-order valence-corrected chi connectivity index (χ1v) is 6.49. The SMILES string of the molecule is NCCSSCCN=C(N)N=C(N)N. The smallest absolute Gasteiger partial charge is 0.218 e. The van der Waals surface area contributed by atoms with E-state index in [-0.39, 0.29) is 11.9 Å². The van der Waals surface area contributed by atoms with Gasteiger partial charge in [-0.3, -0.25) is 4.99 Å². The van der Waals surface area contributed by atoms with Crippen LogP contribution in [0.3, 0.4) is 0 Å². The Morgan fingerprint density at radius 1 is 1.07 bits per heavy atom. The molecular weight excluding hydrogens is 220 g/mol. The number of hydrogen-bond donors (Lipinski definition) is 4. The van der Waals surface area contributed by atoms with Gasteiger partial charge in [0.1, 0.15) is 0 Å². The molecule has 0 bridgehead atoms. The van der Waals surface area contributed by atoms with Crippen LogP contribution in [0.2, 0.25) is 0 Å². The van der Waals surface area contributed by atoms with Gasteiger partial charge in [-0.2, -0.15) is 4.99 Å². The van der Waals surface area contributed by atoms with E-state index >= 15 is 0 Å². The standard InChI is InChI=1S/C6H16N6S2/c7-1-3-13-14-4-2-11-6(10)12-5(8)9/h1-4,7H2,(H6,8,9,10,11,12). The summed E-state index contributed by atoms with van der Waals surface area (Å²) in [6.45, 7) is 1.29. The normalized spacial score (nSPS) is 11.4. The second-order valence-corrected chi connectivity index (χ2v) is 4.91. The van der Waals surface area contributed by atoms with Crippen LogP contribution in [-0.4, -0.2) is 36.5 Å². The van der Waals surface area contributed by atoms with Gasteiger partial charge in [0.15, 0.2) is 5.96 Å². The summed E-state index contributed by atoms with van der Waals surface area (Å²) in [5, 5.41) is 0. The first-order chi connectivity index (χ1) is 6.66. The first kappa shape index (κ1) is 13.4. The molecule has 8 N–H and O–H groups in total. The van der Waals surface area contributed by atoms with Gasteiger partial charge in [0, 0.05) is 18.1 Å². The van der Waals surface area contributed by atoms with Crippen molar-refractivity contribution < 1.29 is 0 Å². The van der Waals surface area contributed by atoms with Crippen molar-refractivity contribution in [3.8, 4) is 0 Å². The summed E-state index contributed by atoms with van der Waals surface area (Å²) in [6.07, 6.45) is 0. The van der Waals surface area contributed by atoms with Crippen LogP contribution in [0, 0.1) is 0 Å². The Hall–Kier alpha value is -0.600. The van der Waals surface area contributed by atoms with Crippen LogP contribution < -0.4 is 22.9 Å². The quantitative estimate of drug-likeness (QED) is 0.201. The number of rotatable bonds is 6. The lowest BCUT2D eigenvalue weighted by Crippen LogP contribution is -2.26. The lowest BCUT2D eigenvalue weighted by Gasteiger charge is -1.97. The van der Waals surface area contributed by atoms with Gasteiger partial charge in [0.2, 0.25) is 5.96 Å². The summed E-state index contributed by atoms with van der Waals surface area (Å²) in [5.74, 6) is 1.86. The fourth-order valence-corrected chi connectivity index (χ4v) is 2.25. The highest BCUT2D eigenvalue weighted by Gasteiger charge is 1.90. The van der Waals surface area contributed by atoms with E-state index in [1.165, 1.54) is 0 Å². The Morgan fingerprint density at radius 2 is 1.71 bits per heavy atom. The average molecular weight is 236 g/mol. The third-order valence-corrected chi connectivity index (χ3v) is 3.39.